The predicted octanol–water partition coefficient (Wildman–Crippen LogP) is 4.94. The summed E-state index contributed by atoms with van der Waals surface area (Å²) in [5.41, 5.74) is 2.49. The van der Waals surface area contributed by atoms with E-state index in [0.29, 0.717) is 33.8 Å². The Kier molecular flexibility index (Phi) is 8.10. The summed E-state index contributed by atoms with van der Waals surface area (Å²) in [5.74, 6) is -1.85. The Hall–Kier alpha value is -4.19. The molecule has 4 amide bonds. The third kappa shape index (κ3) is 5.86. The van der Waals surface area contributed by atoms with Crippen molar-refractivity contribution in [3.05, 3.63) is 92.1 Å². The number of carboxylic acids is 1. The fraction of sp³-hybridized carbons (Fsp3) is 0.143. The molecule has 3 aromatic carbocycles. The molecular weight excluding hydrogens is 603 g/mol. The average molecular weight is 626 g/mol. The van der Waals surface area contributed by atoms with Crippen LogP contribution in [0, 0.1) is 10.5 Å². The van der Waals surface area contributed by atoms with Crippen LogP contribution in [0.3, 0.4) is 0 Å². The third-order valence-corrected chi connectivity index (χ3v) is 6.42. The Balaban J connectivity index is 1.64. The molecule has 0 saturated carbocycles. The highest BCUT2D eigenvalue weighted by Gasteiger charge is 2.37. The molecule has 0 atom stereocenters. The van der Waals surface area contributed by atoms with E-state index in [0.717, 1.165) is 16.0 Å². The lowest BCUT2D eigenvalue weighted by Gasteiger charge is -2.26. The number of carboxylic acid groups (broad SMARTS) is 1. The van der Waals surface area contributed by atoms with E-state index >= 15 is 0 Å². The second kappa shape index (κ2) is 11.5. The van der Waals surface area contributed by atoms with Crippen molar-refractivity contribution in [2.24, 2.45) is 0 Å². The number of anilines is 1. The molecule has 1 fully saturated rings. The van der Waals surface area contributed by atoms with E-state index in [2.05, 4.69) is 27.9 Å². The minimum absolute atomic E-state index is 0.00632. The van der Waals surface area contributed by atoms with Crippen LogP contribution in [0.4, 0.5) is 10.5 Å². The number of ether oxygens (including phenoxy) is 2. The summed E-state index contributed by atoms with van der Waals surface area (Å²) >= 11 is 2.10. The van der Waals surface area contributed by atoms with Crippen molar-refractivity contribution < 1.29 is 33.8 Å². The lowest BCUT2D eigenvalue weighted by Crippen LogP contribution is -2.54. The minimum Gasteiger partial charge on any atom is -0.490 e. The first-order valence-corrected chi connectivity index (χ1v) is 12.6. The Morgan fingerprint density at radius 3 is 2.34 bits per heavy atom. The maximum absolute atomic E-state index is 13.2. The van der Waals surface area contributed by atoms with Crippen molar-refractivity contribution in [2.45, 2.75) is 20.5 Å². The van der Waals surface area contributed by atoms with Gasteiger partial charge >= 0.3 is 12.0 Å². The quantitative estimate of drug-likeness (QED) is 0.206. The van der Waals surface area contributed by atoms with E-state index in [1.165, 1.54) is 30.3 Å². The van der Waals surface area contributed by atoms with Gasteiger partial charge in [-0.3, -0.25) is 14.9 Å². The lowest BCUT2D eigenvalue weighted by atomic mass is 10.1. The number of aromatic carboxylic acids is 1. The second-order valence-corrected chi connectivity index (χ2v) is 9.51. The van der Waals surface area contributed by atoms with Crippen molar-refractivity contribution in [1.29, 1.82) is 0 Å². The molecule has 0 bridgehead atoms. The van der Waals surface area contributed by atoms with E-state index in [4.69, 9.17) is 14.6 Å². The summed E-state index contributed by atoms with van der Waals surface area (Å²) in [6.07, 6.45) is 1.37. The number of carbonyl (C=O) groups is 4. The maximum Gasteiger partial charge on any atom is 0.335 e. The zero-order chi connectivity index (χ0) is 27.4. The number of hydrogen-bond donors (Lipinski definition) is 2. The molecule has 38 heavy (non-hydrogen) atoms. The lowest BCUT2D eigenvalue weighted by molar-refractivity contribution is -0.122. The molecule has 3 aromatic rings. The van der Waals surface area contributed by atoms with Crippen molar-refractivity contribution in [3.63, 3.8) is 0 Å². The number of carbonyl (C=O) groups excluding carboxylic acids is 3. The fourth-order valence-electron chi connectivity index (χ4n) is 3.73. The minimum atomic E-state index is -1.15. The number of aryl methyl sites for hydroxylation is 1. The molecule has 194 valence electrons. The number of benzene rings is 3. The topological polar surface area (TPSA) is 122 Å². The first-order valence-electron chi connectivity index (χ1n) is 11.6. The van der Waals surface area contributed by atoms with Gasteiger partial charge in [0.15, 0.2) is 11.5 Å². The molecule has 1 aliphatic rings. The monoisotopic (exact) mass is 626 g/mol. The van der Waals surface area contributed by atoms with Gasteiger partial charge in [-0.2, -0.15) is 0 Å². The first-order chi connectivity index (χ1) is 18.2. The van der Waals surface area contributed by atoms with Crippen LogP contribution in [0.5, 0.6) is 11.5 Å². The number of halogens is 1. The van der Waals surface area contributed by atoms with Crippen LogP contribution in [0.15, 0.2) is 66.2 Å². The number of barbiturate groups is 1. The van der Waals surface area contributed by atoms with Crippen LogP contribution in [0.1, 0.15) is 34.0 Å². The van der Waals surface area contributed by atoms with Crippen LogP contribution >= 0.6 is 22.6 Å². The number of rotatable bonds is 8. The largest absolute Gasteiger partial charge is 0.490 e. The molecule has 10 heteroatoms. The molecule has 4 rings (SSSR count). The van der Waals surface area contributed by atoms with E-state index < -0.39 is 23.8 Å². The van der Waals surface area contributed by atoms with Crippen molar-refractivity contribution in [1.82, 2.24) is 5.32 Å². The highest BCUT2D eigenvalue weighted by Crippen LogP contribution is 2.36. The molecule has 0 aliphatic carbocycles. The third-order valence-electron chi connectivity index (χ3n) is 5.62. The molecule has 1 saturated heterocycles. The smallest absolute Gasteiger partial charge is 0.335 e. The summed E-state index contributed by atoms with van der Waals surface area (Å²) in [6.45, 7) is 4.54. The molecule has 2 N–H and O–H groups in total. The molecule has 9 nitrogen and oxygen atoms in total. The molecule has 0 unspecified atom stereocenters. The Labute approximate surface area is 232 Å². The van der Waals surface area contributed by atoms with Gasteiger partial charge in [-0.05, 0) is 90.0 Å². The van der Waals surface area contributed by atoms with E-state index in [9.17, 15) is 19.2 Å². The highest BCUT2D eigenvalue weighted by atomic mass is 127. The van der Waals surface area contributed by atoms with Gasteiger partial charge in [-0.15, -0.1) is 0 Å². The normalized spacial score (nSPS) is 14.4. The Bertz CT molecular complexity index is 1450. The van der Waals surface area contributed by atoms with Gasteiger partial charge < -0.3 is 14.6 Å². The molecule has 0 aromatic heterocycles. The Morgan fingerprint density at radius 2 is 1.71 bits per heavy atom. The van der Waals surface area contributed by atoms with E-state index in [1.807, 2.05) is 38.1 Å². The summed E-state index contributed by atoms with van der Waals surface area (Å²) in [6, 6.07) is 15.6. The first kappa shape index (κ1) is 26.9. The van der Waals surface area contributed by atoms with E-state index in [1.54, 1.807) is 12.1 Å². The molecule has 1 heterocycles. The zero-order valence-corrected chi connectivity index (χ0v) is 22.6. The second-order valence-electron chi connectivity index (χ2n) is 8.35. The van der Waals surface area contributed by atoms with Gasteiger partial charge in [0.25, 0.3) is 11.8 Å². The number of imide groups is 2. The summed E-state index contributed by atoms with van der Waals surface area (Å²) < 4.78 is 12.5. The predicted molar refractivity (Wildman–Crippen MR) is 148 cm³/mol. The zero-order valence-electron chi connectivity index (χ0n) is 20.5. The molecule has 1 aliphatic heterocycles. The maximum atomic E-state index is 13.2. The number of nitrogens with one attached hydrogen (secondary N) is 1. The van der Waals surface area contributed by atoms with Gasteiger partial charge in [-0.25, -0.2) is 14.5 Å². The number of hydrogen-bond acceptors (Lipinski definition) is 6. The SMILES string of the molecule is CCOc1cc(/C=C2\C(=O)NC(=O)N(c3ccc(C(=O)O)cc3)C2=O)cc(I)c1OCc1ccc(C)cc1. The number of urea groups is 1. The fourth-order valence-corrected chi connectivity index (χ4v) is 4.51. The van der Waals surface area contributed by atoms with Gasteiger partial charge in [0, 0.05) is 0 Å². The van der Waals surface area contributed by atoms with Gasteiger partial charge in [-0.1, -0.05) is 29.8 Å². The summed E-state index contributed by atoms with van der Waals surface area (Å²) in [5, 5.41) is 11.3. The number of nitrogens with zero attached hydrogens (tertiary/aromatic N) is 1. The summed E-state index contributed by atoms with van der Waals surface area (Å²) in [7, 11) is 0. The van der Waals surface area contributed by atoms with Gasteiger partial charge in [0.05, 0.1) is 21.4 Å². The van der Waals surface area contributed by atoms with Crippen LogP contribution in [-0.4, -0.2) is 35.5 Å². The average Bonchev–Trinajstić information content (AvgIpc) is 2.87. The van der Waals surface area contributed by atoms with Crippen LogP contribution in [0.25, 0.3) is 6.08 Å². The van der Waals surface area contributed by atoms with E-state index in [-0.39, 0.29) is 16.8 Å². The number of amides is 4. The van der Waals surface area contributed by atoms with Gasteiger partial charge in [0.2, 0.25) is 0 Å². The van der Waals surface area contributed by atoms with Crippen LogP contribution < -0.4 is 19.7 Å². The van der Waals surface area contributed by atoms with Crippen molar-refractivity contribution >= 4 is 58.2 Å². The molecular formula is C28H23IN2O7. The van der Waals surface area contributed by atoms with Crippen molar-refractivity contribution in [2.75, 3.05) is 11.5 Å². The van der Waals surface area contributed by atoms with Crippen LogP contribution in [0.2, 0.25) is 0 Å². The molecule has 0 radical (unpaired) electrons. The Morgan fingerprint density at radius 1 is 1.03 bits per heavy atom. The van der Waals surface area contributed by atoms with Crippen LogP contribution in [-0.2, 0) is 16.2 Å². The van der Waals surface area contributed by atoms with Crippen molar-refractivity contribution in [3.8, 4) is 11.5 Å². The standard InChI is InChI=1S/C28H23IN2O7/c1-3-37-23-14-18(13-22(29)24(23)38-15-17-6-4-16(2)5-7-17)12-21-25(32)30-28(36)31(26(21)33)20-10-8-19(9-11-20)27(34)35/h4-14H,3,15H2,1-2H3,(H,34,35)(H,30,32,36)/b21-12+. The highest BCUT2D eigenvalue weighted by molar-refractivity contribution is 14.1. The summed E-state index contributed by atoms with van der Waals surface area (Å²) in [4.78, 5) is 50.2. The van der Waals surface area contributed by atoms with Gasteiger partial charge in [0.1, 0.15) is 12.2 Å². The molecule has 0 spiro atoms.